The topological polar surface area (TPSA) is 91.4 Å². The van der Waals surface area contributed by atoms with Crippen molar-refractivity contribution in [2.24, 2.45) is 11.8 Å². The van der Waals surface area contributed by atoms with Gasteiger partial charge in [-0.3, -0.25) is 14.4 Å². The van der Waals surface area contributed by atoms with Crippen LogP contribution in [0, 0.1) is 11.8 Å². The Hall–Kier alpha value is -1.67. The van der Waals surface area contributed by atoms with Crippen molar-refractivity contribution in [2.75, 3.05) is 33.9 Å². The fourth-order valence-electron chi connectivity index (χ4n) is 7.04. The van der Waals surface area contributed by atoms with Crippen molar-refractivity contribution in [3.8, 4) is 0 Å². The standard InChI is InChI=1S/C43H81NO7/c1-7-11-15-19-21-25-30-36(28-23-17-13-9-3)42(46)50-39-35-48-38(34-49-40(45)32-27-33-44(5)6)41(39)51-43(47)37(29-24-18-14-10-4)31-26-22-20-16-12-8-2/h36-39,41H,7-35H2,1-6H3/t36?,37?,38-,39+,41+/m1/s1. The number of nitrogens with zero attached hydrogens (tertiary/aromatic N) is 1. The largest absolute Gasteiger partial charge is 0.463 e. The normalized spacial score (nSPS) is 18.5. The van der Waals surface area contributed by atoms with E-state index in [0.29, 0.717) is 12.8 Å². The quantitative estimate of drug-likeness (QED) is 0.0368. The third-order valence-electron chi connectivity index (χ3n) is 10.4. The lowest BCUT2D eigenvalue weighted by atomic mass is 9.94. The van der Waals surface area contributed by atoms with Crippen LogP contribution in [0.25, 0.3) is 0 Å². The molecule has 0 radical (unpaired) electrons. The van der Waals surface area contributed by atoms with Crippen molar-refractivity contribution in [2.45, 2.75) is 213 Å². The maximum Gasteiger partial charge on any atom is 0.309 e. The van der Waals surface area contributed by atoms with Gasteiger partial charge in [-0.25, -0.2) is 0 Å². The second-order valence-corrected chi connectivity index (χ2v) is 15.5. The van der Waals surface area contributed by atoms with Crippen molar-refractivity contribution in [3.63, 3.8) is 0 Å². The molecule has 5 atom stereocenters. The van der Waals surface area contributed by atoms with Crippen LogP contribution in [-0.4, -0.2) is 75.0 Å². The maximum absolute atomic E-state index is 13.9. The van der Waals surface area contributed by atoms with Crippen LogP contribution < -0.4 is 0 Å². The van der Waals surface area contributed by atoms with Crippen molar-refractivity contribution >= 4 is 17.9 Å². The molecular weight excluding hydrogens is 642 g/mol. The summed E-state index contributed by atoms with van der Waals surface area (Å²) in [4.78, 5) is 42.3. The van der Waals surface area contributed by atoms with Crippen LogP contribution in [0.15, 0.2) is 0 Å². The van der Waals surface area contributed by atoms with Gasteiger partial charge in [0.15, 0.2) is 12.2 Å². The van der Waals surface area contributed by atoms with Gasteiger partial charge in [0, 0.05) is 6.42 Å². The highest BCUT2D eigenvalue weighted by molar-refractivity contribution is 5.74. The summed E-state index contributed by atoms with van der Waals surface area (Å²) in [6.45, 7) is 9.75. The summed E-state index contributed by atoms with van der Waals surface area (Å²) >= 11 is 0. The zero-order chi connectivity index (χ0) is 37.5. The van der Waals surface area contributed by atoms with E-state index in [-0.39, 0.29) is 43.0 Å². The number of carbonyl (C=O) groups is 3. The van der Waals surface area contributed by atoms with Crippen LogP contribution in [0.2, 0.25) is 0 Å². The molecule has 0 aliphatic carbocycles. The Morgan fingerprint density at radius 3 is 1.45 bits per heavy atom. The van der Waals surface area contributed by atoms with Gasteiger partial charge in [0.2, 0.25) is 0 Å². The van der Waals surface area contributed by atoms with Gasteiger partial charge in [0.1, 0.15) is 12.7 Å². The Bertz CT molecular complexity index is 865. The zero-order valence-electron chi connectivity index (χ0n) is 34.2. The number of unbranched alkanes of at least 4 members (excludes halogenated alkanes) is 16. The first-order valence-electron chi connectivity index (χ1n) is 21.6. The van der Waals surface area contributed by atoms with E-state index in [9.17, 15) is 14.4 Å². The van der Waals surface area contributed by atoms with Crippen molar-refractivity contribution in [1.82, 2.24) is 4.90 Å². The van der Waals surface area contributed by atoms with E-state index in [1.165, 1.54) is 57.8 Å². The molecule has 8 nitrogen and oxygen atoms in total. The molecule has 0 saturated carbocycles. The molecule has 0 aromatic rings. The summed E-state index contributed by atoms with van der Waals surface area (Å²) in [5.74, 6) is -1.11. The molecule has 1 heterocycles. The number of rotatable bonds is 34. The van der Waals surface area contributed by atoms with E-state index in [4.69, 9.17) is 18.9 Å². The lowest BCUT2D eigenvalue weighted by Gasteiger charge is -2.27. The van der Waals surface area contributed by atoms with Gasteiger partial charge in [-0.15, -0.1) is 0 Å². The predicted molar refractivity (Wildman–Crippen MR) is 209 cm³/mol. The van der Waals surface area contributed by atoms with Crippen LogP contribution >= 0.6 is 0 Å². The fraction of sp³-hybridized carbons (Fsp3) is 0.930. The fourth-order valence-corrected chi connectivity index (χ4v) is 7.04. The third-order valence-corrected chi connectivity index (χ3v) is 10.4. The molecule has 0 N–H and O–H groups in total. The molecule has 1 aliphatic rings. The van der Waals surface area contributed by atoms with E-state index < -0.39 is 18.3 Å². The average Bonchev–Trinajstić information content (AvgIpc) is 3.48. The summed E-state index contributed by atoms with van der Waals surface area (Å²) in [6.07, 6.45) is 25.0. The Balaban J connectivity index is 3.05. The monoisotopic (exact) mass is 724 g/mol. The first kappa shape index (κ1) is 47.4. The van der Waals surface area contributed by atoms with Crippen molar-refractivity contribution in [3.05, 3.63) is 0 Å². The number of carbonyl (C=O) groups excluding carboxylic acids is 3. The number of hydrogen-bond acceptors (Lipinski definition) is 8. The molecule has 0 bridgehead atoms. The molecule has 0 amide bonds. The number of esters is 3. The molecule has 2 unspecified atom stereocenters. The van der Waals surface area contributed by atoms with Gasteiger partial charge in [-0.2, -0.15) is 0 Å². The Morgan fingerprint density at radius 1 is 0.588 bits per heavy atom. The van der Waals surface area contributed by atoms with Gasteiger partial charge < -0.3 is 23.8 Å². The van der Waals surface area contributed by atoms with Gasteiger partial charge in [0.25, 0.3) is 0 Å². The molecule has 0 spiro atoms. The first-order valence-corrected chi connectivity index (χ1v) is 21.6. The molecule has 51 heavy (non-hydrogen) atoms. The molecule has 1 fully saturated rings. The summed E-state index contributed by atoms with van der Waals surface area (Å²) in [5.41, 5.74) is 0. The molecule has 300 valence electrons. The van der Waals surface area contributed by atoms with E-state index in [2.05, 4.69) is 27.7 Å². The minimum atomic E-state index is -0.798. The Kier molecular flexibility index (Phi) is 29.5. The van der Waals surface area contributed by atoms with Gasteiger partial charge in [-0.05, 0) is 52.7 Å². The van der Waals surface area contributed by atoms with Crippen LogP contribution in [0.1, 0.15) is 195 Å². The van der Waals surface area contributed by atoms with E-state index in [0.717, 1.165) is 103 Å². The van der Waals surface area contributed by atoms with Crippen molar-refractivity contribution < 1.29 is 33.3 Å². The minimum Gasteiger partial charge on any atom is -0.463 e. The SMILES string of the molecule is CCCCCCCCC(CCCCCC)C(=O)O[C@@H]1[C@@H](OC(=O)C(CCCCCC)CCCCCCCC)CO[C@@H]1COC(=O)CCCN(C)C. The van der Waals surface area contributed by atoms with Gasteiger partial charge >= 0.3 is 17.9 Å². The molecule has 1 rings (SSSR count). The minimum absolute atomic E-state index is 0.0242. The van der Waals surface area contributed by atoms with Crippen LogP contribution in [0.5, 0.6) is 0 Å². The lowest BCUT2D eigenvalue weighted by molar-refractivity contribution is -0.173. The summed E-state index contributed by atoms with van der Waals surface area (Å²) in [5, 5.41) is 0. The molecular formula is C43H81NO7. The Morgan fingerprint density at radius 2 is 1.00 bits per heavy atom. The van der Waals surface area contributed by atoms with Gasteiger partial charge in [0.05, 0.1) is 18.4 Å². The first-order chi connectivity index (χ1) is 24.8. The smallest absolute Gasteiger partial charge is 0.309 e. The van der Waals surface area contributed by atoms with Crippen LogP contribution in [0.3, 0.4) is 0 Å². The number of ether oxygens (including phenoxy) is 4. The third kappa shape index (κ3) is 23.6. The molecule has 0 aromatic carbocycles. The highest BCUT2D eigenvalue weighted by Crippen LogP contribution is 2.29. The predicted octanol–water partition coefficient (Wildman–Crippen LogP) is 10.8. The summed E-state index contributed by atoms with van der Waals surface area (Å²) in [7, 11) is 3.95. The number of hydrogen-bond donors (Lipinski definition) is 0. The van der Waals surface area contributed by atoms with Crippen LogP contribution in [-0.2, 0) is 33.3 Å². The molecule has 1 aliphatic heterocycles. The zero-order valence-corrected chi connectivity index (χ0v) is 34.2. The van der Waals surface area contributed by atoms with E-state index in [1.807, 2.05) is 19.0 Å². The highest BCUT2D eigenvalue weighted by Gasteiger charge is 2.45. The van der Waals surface area contributed by atoms with Crippen molar-refractivity contribution in [1.29, 1.82) is 0 Å². The van der Waals surface area contributed by atoms with Crippen LogP contribution in [0.4, 0.5) is 0 Å². The van der Waals surface area contributed by atoms with E-state index >= 15 is 0 Å². The second kappa shape index (κ2) is 31.8. The Labute approximate surface area is 314 Å². The maximum atomic E-state index is 13.9. The molecule has 1 saturated heterocycles. The summed E-state index contributed by atoms with van der Waals surface area (Å²) < 4.78 is 24.2. The summed E-state index contributed by atoms with van der Waals surface area (Å²) in [6, 6.07) is 0. The van der Waals surface area contributed by atoms with Gasteiger partial charge in [-0.1, -0.05) is 156 Å². The lowest BCUT2D eigenvalue weighted by Crippen LogP contribution is -2.42. The second-order valence-electron chi connectivity index (χ2n) is 15.5. The molecule has 8 heteroatoms. The highest BCUT2D eigenvalue weighted by atomic mass is 16.6. The average molecular weight is 724 g/mol. The molecule has 0 aromatic heterocycles. The van der Waals surface area contributed by atoms with E-state index in [1.54, 1.807) is 0 Å².